The molecule has 0 saturated carbocycles. The highest BCUT2D eigenvalue weighted by molar-refractivity contribution is 5.29. The number of aliphatic hydroxyl groups excluding tert-OH is 1. The van der Waals surface area contributed by atoms with Crippen molar-refractivity contribution in [2.45, 2.75) is 52.1 Å². The molecule has 1 saturated heterocycles. The minimum absolute atomic E-state index is 0.0839. The van der Waals surface area contributed by atoms with Gasteiger partial charge in [-0.25, -0.2) is 0 Å². The molecule has 1 fully saturated rings. The molecule has 1 aliphatic rings. The van der Waals surface area contributed by atoms with Crippen molar-refractivity contribution in [2.75, 3.05) is 39.4 Å². The van der Waals surface area contributed by atoms with Crippen LogP contribution in [0.15, 0.2) is 24.3 Å². The van der Waals surface area contributed by atoms with Crippen LogP contribution in [-0.2, 0) is 0 Å². The number of aliphatic hydroxyl groups is 1. The second-order valence-electron chi connectivity index (χ2n) is 6.80. The van der Waals surface area contributed by atoms with E-state index in [9.17, 15) is 5.11 Å². The average molecular weight is 335 g/mol. The summed E-state index contributed by atoms with van der Waals surface area (Å²) in [6, 6.07) is 8.91. The summed E-state index contributed by atoms with van der Waals surface area (Å²) in [5.41, 5.74) is 1.18. The van der Waals surface area contributed by atoms with Crippen molar-refractivity contribution >= 4 is 0 Å². The number of likely N-dealkylation sites (N-methyl/N-ethyl adjacent to an activating group) is 1. The molecule has 1 heterocycles. The second kappa shape index (κ2) is 10.0. The number of unbranched alkanes of at least 4 members (excludes halogenated alkanes) is 2. The third-order valence-electron chi connectivity index (χ3n) is 5.10. The van der Waals surface area contributed by atoms with Gasteiger partial charge in [-0.3, -0.25) is 9.80 Å². The lowest BCUT2D eigenvalue weighted by molar-refractivity contribution is 0.0367. The van der Waals surface area contributed by atoms with Crippen LogP contribution in [0.3, 0.4) is 0 Å². The number of benzene rings is 1. The first kappa shape index (κ1) is 19.2. The Bertz CT molecular complexity index is 463. The van der Waals surface area contributed by atoms with Crippen molar-refractivity contribution in [3.63, 3.8) is 0 Å². The topological polar surface area (TPSA) is 35.9 Å². The zero-order valence-corrected chi connectivity index (χ0v) is 15.6. The van der Waals surface area contributed by atoms with Crippen molar-refractivity contribution in [2.24, 2.45) is 0 Å². The lowest BCUT2D eigenvalue weighted by atomic mass is 10.0. The van der Waals surface area contributed by atoms with Gasteiger partial charge in [-0.05, 0) is 37.6 Å². The molecular weight excluding hydrogens is 300 g/mol. The molecule has 24 heavy (non-hydrogen) atoms. The van der Waals surface area contributed by atoms with Crippen LogP contribution < -0.4 is 4.74 Å². The Hall–Kier alpha value is -1.10. The fourth-order valence-electron chi connectivity index (χ4n) is 3.54. The van der Waals surface area contributed by atoms with Gasteiger partial charge in [0.05, 0.1) is 19.3 Å². The van der Waals surface area contributed by atoms with E-state index in [1.807, 2.05) is 12.1 Å². The zero-order chi connectivity index (χ0) is 17.4. The van der Waals surface area contributed by atoms with E-state index in [0.717, 1.165) is 45.0 Å². The standard InChI is InChI=1S/C20H34N2O2/c1-4-6-7-14-24-19-10-8-18(9-11-19)20(16-23)22-13-12-21(5-2)17(3)15-22/h8-11,17,20,23H,4-7,12-16H2,1-3H3. The first-order chi connectivity index (χ1) is 11.7. The molecular formula is C20H34N2O2. The molecule has 2 unspecified atom stereocenters. The molecule has 0 aliphatic carbocycles. The highest BCUT2D eigenvalue weighted by atomic mass is 16.5. The predicted octanol–water partition coefficient (Wildman–Crippen LogP) is 3.32. The Kier molecular flexibility index (Phi) is 8.03. The molecule has 2 rings (SSSR count). The van der Waals surface area contributed by atoms with Gasteiger partial charge in [0.25, 0.3) is 0 Å². The molecule has 0 amide bonds. The minimum Gasteiger partial charge on any atom is -0.494 e. The van der Waals surface area contributed by atoms with Gasteiger partial charge >= 0.3 is 0 Å². The summed E-state index contributed by atoms with van der Waals surface area (Å²) in [7, 11) is 0. The molecule has 1 aliphatic heterocycles. The van der Waals surface area contributed by atoms with Crippen LogP contribution in [0.4, 0.5) is 0 Å². The van der Waals surface area contributed by atoms with Crippen LogP contribution in [0.25, 0.3) is 0 Å². The summed E-state index contributed by atoms with van der Waals surface area (Å²) in [4.78, 5) is 4.91. The number of hydrogen-bond donors (Lipinski definition) is 1. The van der Waals surface area contributed by atoms with E-state index in [0.29, 0.717) is 6.04 Å². The minimum atomic E-state index is 0.0839. The summed E-state index contributed by atoms with van der Waals surface area (Å²) >= 11 is 0. The van der Waals surface area contributed by atoms with E-state index in [4.69, 9.17) is 4.74 Å². The van der Waals surface area contributed by atoms with Crippen LogP contribution in [-0.4, -0.2) is 60.3 Å². The average Bonchev–Trinajstić information content (AvgIpc) is 2.61. The van der Waals surface area contributed by atoms with Crippen molar-refractivity contribution in [3.05, 3.63) is 29.8 Å². The first-order valence-corrected chi connectivity index (χ1v) is 9.51. The van der Waals surface area contributed by atoms with Crippen LogP contribution in [0.2, 0.25) is 0 Å². The van der Waals surface area contributed by atoms with Crippen molar-refractivity contribution in [1.82, 2.24) is 9.80 Å². The van der Waals surface area contributed by atoms with Crippen molar-refractivity contribution < 1.29 is 9.84 Å². The molecule has 136 valence electrons. The van der Waals surface area contributed by atoms with Crippen LogP contribution in [0, 0.1) is 0 Å². The van der Waals surface area contributed by atoms with E-state index in [1.165, 1.54) is 18.4 Å². The Balaban J connectivity index is 1.93. The van der Waals surface area contributed by atoms with Gasteiger partial charge in [-0.1, -0.05) is 38.8 Å². The molecule has 4 nitrogen and oxygen atoms in total. The monoisotopic (exact) mass is 334 g/mol. The molecule has 0 radical (unpaired) electrons. The lowest BCUT2D eigenvalue weighted by Gasteiger charge is -2.42. The van der Waals surface area contributed by atoms with E-state index in [-0.39, 0.29) is 12.6 Å². The predicted molar refractivity (Wildman–Crippen MR) is 99.6 cm³/mol. The fraction of sp³-hybridized carbons (Fsp3) is 0.700. The smallest absolute Gasteiger partial charge is 0.119 e. The quantitative estimate of drug-likeness (QED) is 0.703. The van der Waals surface area contributed by atoms with Gasteiger partial charge in [0.2, 0.25) is 0 Å². The van der Waals surface area contributed by atoms with E-state index in [2.05, 4.69) is 42.7 Å². The lowest BCUT2D eigenvalue weighted by Crippen LogP contribution is -2.53. The maximum atomic E-state index is 9.92. The molecule has 2 atom stereocenters. The van der Waals surface area contributed by atoms with Gasteiger partial charge in [0.15, 0.2) is 0 Å². The second-order valence-corrected chi connectivity index (χ2v) is 6.80. The van der Waals surface area contributed by atoms with E-state index >= 15 is 0 Å². The van der Waals surface area contributed by atoms with E-state index < -0.39 is 0 Å². The van der Waals surface area contributed by atoms with Gasteiger partial charge < -0.3 is 9.84 Å². The van der Waals surface area contributed by atoms with Gasteiger partial charge in [-0.15, -0.1) is 0 Å². The summed E-state index contributed by atoms with van der Waals surface area (Å²) in [5.74, 6) is 0.927. The highest BCUT2D eigenvalue weighted by Crippen LogP contribution is 2.25. The first-order valence-electron chi connectivity index (χ1n) is 9.51. The fourth-order valence-corrected chi connectivity index (χ4v) is 3.54. The summed E-state index contributed by atoms with van der Waals surface area (Å²) in [5, 5.41) is 9.92. The number of ether oxygens (including phenoxy) is 1. The third-order valence-corrected chi connectivity index (χ3v) is 5.10. The summed E-state index contributed by atoms with van der Waals surface area (Å²) in [6.07, 6.45) is 3.54. The van der Waals surface area contributed by atoms with Crippen molar-refractivity contribution in [1.29, 1.82) is 0 Å². The third kappa shape index (κ3) is 5.20. The number of hydrogen-bond acceptors (Lipinski definition) is 4. The molecule has 0 spiro atoms. The number of piperazine rings is 1. The molecule has 4 heteroatoms. The Morgan fingerprint density at radius 3 is 2.50 bits per heavy atom. The summed E-state index contributed by atoms with van der Waals surface area (Å²) < 4.78 is 5.78. The van der Waals surface area contributed by atoms with Gasteiger partial charge in [-0.2, -0.15) is 0 Å². The summed E-state index contributed by atoms with van der Waals surface area (Å²) in [6.45, 7) is 11.8. The SMILES string of the molecule is CCCCCOc1ccc(C(CO)N2CCN(CC)C(C)C2)cc1. The van der Waals surface area contributed by atoms with Crippen LogP contribution in [0.1, 0.15) is 51.6 Å². The Labute approximate surface area is 147 Å². The zero-order valence-electron chi connectivity index (χ0n) is 15.6. The van der Waals surface area contributed by atoms with E-state index in [1.54, 1.807) is 0 Å². The largest absolute Gasteiger partial charge is 0.494 e. The molecule has 1 N–H and O–H groups in total. The van der Waals surface area contributed by atoms with Crippen LogP contribution in [0.5, 0.6) is 5.75 Å². The molecule has 1 aromatic rings. The van der Waals surface area contributed by atoms with Crippen LogP contribution >= 0.6 is 0 Å². The maximum absolute atomic E-state index is 9.92. The normalized spacial score (nSPS) is 20.9. The molecule has 1 aromatic carbocycles. The Morgan fingerprint density at radius 1 is 1.17 bits per heavy atom. The number of nitrogens with zero attached hydrogens (tertiary/aromatic N) is 2. The van der Waals surface area contributed by atoms with Gasteiger partial charge in [0, 0.05) is 25.7 Å². The number of rotatable bonds is 9. The molecule has 0 bridgehead atoms. The highest BCUT2D eigenvalue weighted by Gasteiger charge is 2.28. The molecule has 0 aromatic heterocycles. The maximum Gasteiger partial charge on any atom is 0.119 e. The van der Waals surface area contributed by atoms with Gasteiger partial charge in [0.1, 0.15) is 5.75 Å². The Morgan fingerprint density at radius 2 is 1.92 bits per heavy atom. The van der Waals surface area contributed by atoms with Crippen molar-refractivity contribution in [3.8, 4) is 5.75 Å².